The van der Waals surface area contributed by atoms with Gasteiger partial charge in [0.25, 0.3) is 0 Å². The highest BCUT2D eigenvalue weighted by atomic mass is 16.6. The van der Waals surface area contributed by atoms with E-state index >= 15 is 0 Å². The number of aliphatic hydroxyl groups is 1. The van der Waals surface area contributed by atoms with Crippen LogP contribution in [0.1, 0.15) is 33.6 Å². The summed E-state index contributed by atoms with van der Waals surface area (Å²) in [6, 6.07) is -0.493. The maximum atomic E-state index is 11.4. The van der Waals surface area contributed by atoms with Crippen molar-refractivity contribution in [2.24, 2.45) is 0 Å². The molecule has 1 fully saturated rings. The second-order valence-corrected chi connectivity index (χ2v) is 4.80. The normalized spacial score (nSPS) is 25.9. The summed E-state index contributed by atoms with van der Waals surface area (Å²) >= 11 is 0. The molecule has 1 saturated heterocycles. The summed E-state index contributed by atoms with van der Waals surface area (Å²) in [6.45, 7) is 5.27. The van der Waals surface area contributed by atoms with Crippen molar-refractivity contribution in [2.45, 2.75) is 51.5 Å². The molecular weight excluding hydrogens is 212 g/mol. The molecule has 1 aliphatic rings. The lowest BCUT2D eigenvalue weighted by molar-refractivity contribution is -0.127. The number of carbonyl (C=O) groups excluding carboxylic acids is 2. The van der Waals surface area contributed by atoms with Crippen molar-refractivity contribution in [1.29, 1.82) is 0 Å². The highest BCUT2D eigenvalue weighted by Gasteiger charge is 2.29. The Morgan fingerprint density at radius 3 is 2.69 bits per heavy atom. The molecular formula is C10H18N2O4. The molecule has 2 amide bonds. The van der Waals surface area contributed by atoms with Crippen LogP contribution in [0.5, 0.6) is 0 Å². The maximum absolute atomic E-state index is 11.4. The zero-order valence-electron chi connectivity index (χ0n) is 9.74. The minimum absolute atomic E-state index is 0.213. The molecule has 6 nitrogen and oxygen atoms in total. The van der Waals surface area contributed by atoms with E-state index in [-0.39, 0.29) is 12.3 Å². The monoisotopic (exact) mass is 230 g/mol. The highest BCUT2D eigenvalue weighted by molar-refractivity contribution is 5.77. The van der Waals surface area contributed by atoms with E-state index in [4.69, 9.17) is 4.74 Å². The standard InChI is InChI=1S/C10H18N2O4/c1-10(2,3)16-9(15)11-6-4-5-7(13)12-8(6)14/h6,8,14H,4-5H2,1-3H3,(H,11,15)(H,12,13)/t6-,8?/m0/s1. The van der Waals surface area contributed by atoms with Crippen molar-refractivity contribution in [2.75, 3.05) is 0 Å². The van der Waals surface area contributed by atoms with Gasteiger partial charge in [0.1, 0.15) is 11.8 Å². The molecule has 16 heavy (non-hydrogen) atoms. The van der Waals surface area contributed by atoms with Crippen molar-refractivity contribution in [3.05, 3.63) is 0 Å². The van der Waals surface area contributed by atoms with Crippen LogP contribution in [0.15, 0.2) is 0 Å². The Morgan fingerprint density at radius 1 is 1.56 bits per heavy atom. The van der Waals surface area contributed by atoms with E-state index in [0.717, 1.165) is 0 Å². The lowest BCUT2D eigenvalue weighted by Gasteiger charge is -2.30. The third kappa shape index (κ3) is 4.06. The fourth-order valence-corrected chi connectivity index (χ4v) is 1.39. The Balaban J connectivity index is 2.42. The third-order valence-electron chi connectivity index (χ3n) is 2.07. The first kappa shape index (κ1) is 12.8. The van der Waals surface area contributed by atoms with E-state index in [0.29, 0.717) is 6.42 Å². The van der Waals surface area contributed by atoms with E-state index in [1.54, 1.807) is 20.8 Å². The van der Waals surface area contributed by atoms with Crippen molar-refractivity contribution in [3.63, 3.8) is 0 Å². The zero-order chi connectivity index (χ0) is 12.3. The first-order valence-corrected chi connectivity index (χ1v) is 5.25. The van der Waals surface area contributed by atoms with Crippen LogP contribution in [-0.4, -0.2) is 35.0 Å². The van der Waals surface area contributed by atoms with Gasteiger partial charge in [-0.15, -0.1) is 0 Å². The van der Waals surface area contributed by atoms with Crippen LogP contribution in [0.3, 0.4) is 0 Å². The Bertz CT molecular complexity index is 285. The van der Waals surface area contributed by atoms with Crippen LogP contribution < -0.4 is 10.6 Å². The van der Waals surface area contributed by atoms with Crippen molar-refractivity contribution in [1.82, 2.24) is 10.6 Å². The maximum Gasteiger partial charge on any atom is 0.408 e. The van der Waals surface area contributed by atoms with Gasteiger partial charge in [0.15, 0.2) is 0 Å². The van der Waals surface area contributed by atoms with E-state index in [1.807, 2.05) is 0 Å². The van der Waals surface area contributed by atoms with Gasteiger partial charge in [0.2, 0.25) is 5.91 Å². The number of hydrogen-bond acceptors (Lipinski definition) is 4. The Kier molecular flexibility index (Phi) is 3.74. The minimum Gasteiger partial charge on any atom is -0.444 e. The summed E-state index contributed by atoms with van der Waals surface area (Å²) in [6.07, 6.45) is -0.939. The van der Waals surface area contributed by atoms with Gasteiger partial charge in [0.05, 0.1) is 6.04 Å². The molecule has 0 aromatic rings. The molecule has 0 saturated carbocycles. The SMILES string of the molecule is CC(C)(C)OC(=O)N[C@H]1CCC(=O)NC1O. The topological polar surface area (TPSA) is 87.7 Å². The molecule has 0 aromatic carbocycles. The molecule has 0 bridgehead atoms. The molecule has 2 atom stereocenters. The lowest BCUT2D eigenvalue weighted by atomic mass is 10.1. The predicted molar refractivity (Wildman–Crippen MR) is 56.5 cm³/mol. The van der Waals surface area contributed by atoms with E-state index in [2.05, 4.69) is 10.6 Å². The van der Waals surface area contributed by atoms with E-state index < -0.39 is 24.0 Å². The Morgan fingerprint density at radius 2 is 2.19 bits per heavy atom. The largest absolute Gasteiger partial charge is 0.444 e. The van der Waals surface area contributed by atoms with E-state index in [9.17, 15) is 14.7 Å². The van der Waals surface area contributed by atoms with Gasteiger partial charge >= 0.3 is 6.09 Å². The van der Waals surface area contributed by atoms with Crippen molar-refractivity contribution < 1.29 is 19.4 Å². The van der Waals surface area contributed by atoms with Crippen LogP contribution >= 0.6 is 0 Å². The number of nitrogens with one attached hydrogen (secondary N) is 2. The van der Waals surface area contributed by atoms with Gasteiger partial charge in [-0.25, -0.2) is 4.79 Å². The number of hydrogen-bond donors (Lipinski definition) is 3. The predicted octanol–water partition coefficient (Wildman–Crippen LogP) is 0.108. The van der Waals surface area contributed by atoms with Gasteiger partial charge in [-0.3, -0.25) is 4.79 Å². The van der Waals surface area contributed by atoms with Gasteiger partial charge in [-0.05, 0) is 27.2 Å². The van der Waals surface area contributed by atoms with Gasteiger partial charge in [-0.1, -0.05) is 0 Å². The lowest BCUT2D eigenvalue weighted by Crippen LogP contribution is -2.55. The molecule has 3 N–H and O–H groups in total. The average molecular weight is 230 g/mol. The third-order valence-corrected chi connectivity index (χ3v) is 2.07. The first-order valence-electron chi connectivity index (χ1n) is 5.25. The number of piperidine rings is 1. The summed E-state index contributed by atoms with van der Waals surface area (Å²) in [5, 5.41) is 14.3. The molecule has 1 heterocycles. The molecule has 6 heteroatoms. The quantitative estimate of drug-likeness (QED) is 0.596. The van der Waals surface area contributed by atoms with Crippen molar-refractivity contribution >= 4 is 12.0 Å². The zero-order valence-corrected chi connectivity index (χ0v) is 9.74. The van der Waals surface area contributed by atoms with Crippen LogP contribution in [0.25, 0.3) is 0 Å². The summed E-state index contributed by atoms with van der Waals surface area (Å²) in [5.74, 6) is -0.213. The fraction of sp³-hybridized carbons (Fsp3) is 0.800. The average Bonchev–Trinajstić information content (AvgIpc) is 2.06. The van der Waals surface area contributed by atoms with Crippen LogP contribution in [0.2, 0.25) is 0 Å². The molecule has 0 aliphatic carbocycles. The number of carbonyl (C=O) groups is 2. The highest BCUT2D eigenvalue weighted by Crippen LogP contribution is 2.10. The number of alkyl carbamates (subject to hydrolysis) is 1. The second-order valence-electron chi connectivity index (χ2n) is 4.80. The molecule has 0 aromatic heterocycles. The fourth-order valence-electron chi connectivity index (χ4n) is 1.39. The smallest absolute Gasteiger partial charge is 0.408 e. The van der Waals surface area contributed by atoms with Gasteiger partial charge < -0.3 is 20.5 Å². The van der Waals surface area contributed by atoms with Crippen LogP contribution in [-0.2, 0) is 9.53 Å². The second kappa shape index (κ2) is 4.69. The van der Waals surface area contributed by atoms with E-state index in [1.165, 1.54) is 0 Å². The van der Waals surface area contributed by atoms with Crippen LogP contribution in [0.4, 0.5) is 4.79 Å². The number of amides is 2. The molecule has 1 rings (SSSR count). The molecule has 0 spiro atoms. The Labute approximate surface area is 94.3 Å². The molecule has 92 valence electrons. The van der Waals surface area contributed by atoms with Crippen molar-refractivity contribution in [3.8, 4) is 0 Å². The number of rotatable bonds is 1. The molecule has 1 aliphatic heterocycles. The summed E-state index contributed by atoms with van der Waals surface area (Å²) in [4.78, 5) is 22.3. The van der Waals surface area contributed by atoms with Gasteiger partial charge in [-0.2, -0.15) is 0 Å². The van der Waals surface area contributed by atoms with Gasteiger partial charge in [0, 0.05) is 6.42 Å². The molecule has 1 unspecified atom stereocenters. The summed E-state index contributed by atoms with van der Waals surface area (Å²) < 4.78 is 5.04. The molecule has 0 radical (unpaired) electrons. The summed E-state index contributed by atoms with van der Waals surface area (Å²) in [7, 11) is 0. The summed E-state index contributed by atoms with van der Waals surface area (Å²) in [5.41, 5.74) is -0.576. The van der Waals surface area contributed by atoms with Crippen LogP contribution in [0, 0.1) is 0 Å². The first-order chi connectivity index (χ1) is 7.28. The Hall–Kier alpha value is -1.30. The number of aliphatic hydroxyl groups excluding tert-OH is 1. The minimum atomic E-state index is -1.05. The number of ether oxygens (including phenoxy) is 1.